The van der Waals surface area contributed by atoms with Crippen LogP contribution in [-0.2, 0) is 4.79 Å². The van der Waals surface area contributed by atoms with Crippen LogP contribution in [0.5, 0.6) is 0 Å². The van der Waals surface area contributed by atoms with E-state index in [0.29, 0.717) is 12.1 Å². The molecule has 0 atom stereocenters. The quantitative estimate of drug-likeness (QED) is 0.670. The van der Waals surface area contributed by atoms with Gasteiger partial charge < -0.3 is 5.32 Å². The zero-order chi connectivity index (χ0) is 12.7. The molecule has 0 aromatic heterocycles. The van der Waals surface area contributed by atoms with Crippen LogP contribution in [-0.4, -0.2) is 11.2 Å². The van der Waals surface area contributed by atoms with E-state index in [0.717, 1.165) is 18.2 Å². The van der Waals surface area contributed by atoms with Crippen LogP contribution in [0.2, 0.25) is 0 Å². The summed E-state index contributed by atoms with van der Waals surface area (Å²) in [7, 11) is 0. The molecule has 0 saturated carbocycles. The zero-order valence-corrected chi connectivity index (χ0v) is 10.8. The number of carbonyl (C=O) groups is 1. The van der Waals surface area contributed by atoms with Crippen molar-refractivity contribution in [2.75, 3.05) is 10.6 Å². The van der Waals surface area contributed by atoms with Gasteiger partial charge in [0.25, 0.3) is 0 Å². The van der Waals surface area contributed by atoms with E-state index in [1.165, 1.54) is 18.2 Å². The molecule has 17 heavy (non-hydrogen) atoms. The van der Waals surface area contributed by atoms with E-state index in [9.17, 15) is 9.18 Å². The third-order valence-corrected chi connectivity index (χ3v) is 2.72. The van der Waals surface area contributed by atoms with Gasteiger partial charge in [0, 0.05) is 17.4 Å². The highest BCUT2D eigenvalue weighted by molar-refractivity contribution is 9.09. The standard InChI is InChI=1S/C12H12BrFN2O/c13-6-2-1-3-12(17)16-10-4-5-11(14)9(7-10)8-15/h4-5,7H,1-3,6H2,(H,16,17). The summed E-state index contributed by atoms with van der Waals surface area (Å²) in [6.07, 6.45) is 2.15. The van der Waals surface area contributed by atoms with Crippen LogP contribution in [0.4, 0.5) is 10.1 Å². The number of nitriles is 1. The Kier molecular flexibility index (Phi) is 5.64. The Labute approximate surface area is 108 Å². The first-order valence-electron chi connectivity index (χ1n) is 5.23. The number of nitrogens with zero attached hydrogens (tertiary/aromatic N) is 1. The Balaban J connectivity index is 2.57. The number of carbonyl (C=O) groups excluding carboxylic acids is 1. The number of halogens is 2. The molecule has 1 N–H and O–H groups in total. The van der Waals surface area contributed by atoms with E-state index in [-0.39, 0.29) is 11.5 Å². The summed E-state index contributed by atoms with van der Waals surface area (Å²) >= 11 is 3.28. The average molecular weight is 299 g/mol. The van der Waals surface area contributed by atoms with Crippen LogP contribution in [0.1, 0.15) is 24.8 Å². The smallest absolute Gasteiger partial charge is 0.224 e. The molecular weight excluding hydrogens is 287 g/mol. The topological polar surface area (TPSA) is 52.9 Å². The number of unbranched alkanes of at least 4 members (excludes halogenated alkanes) is 1. The molecule has 1 aromatic rings. The number of anilines is 1. The summed E-state index contributed by atoms with van der Waals surface area (Å²) in [6.45, 7) is 0. The maximum absolute atomic E-state index is 13.0. The number of alkyl halides is 1. The monoisotopic (exact) mass is 298 g/mol. The molecule has 0 spiro atoms. The van der Waals surface area contributed by atoms with E-state index in [1.807, 2.05) is 0 Å². The van der Waals surface area contributed by atoms with Gasteiger partial charge in [0.15, 0.2) is 0 Å². The van der Waals surface area contributed by atoms with Crippen LogP contribution < -0.4 is 5.32 Å². The van der Waals surface area contributed by atoms with Crippen molar-refractivity contribution >= 4 is 27.5 Å². The van der Waals surface area contributed by atoms with Crippen molar-refractivity contribution in [3.8, 4) is 6.07 Å². The lowest BCUT2D eigenvalue weighted by Crippen LogP contribution is -2.11. The normalized spacial score (nSPS) is 9.71. The summed E-state index contributed by atoms with van der Waals surface area (Å²) in [6, 6.07) is 5.68. The average Bonchev–Trinajstić information content (AvgIpc) is 2.32. The summed E-state index contributed by atoms with van der Waals surface area (Å²) in [5, 5.41) is 12.1. The third kappa shape index (κ3) is 4.53. The molecule has 0 heterocycles. The van der Waals surface area contributed by atoms with Crippen molar-refractivity contribution in [2.24, 2.45) is 0 Å². The van der Waals surface area contributed by atoms with Crippen molar-refractivity contribution in [3.63, 3.8) is 0 Å². The molecule has 0 fully saturated rings. The minimum Gasteiger partial charge on any atom is -0.326 e. The number of rotatable bonds is 5. The lowest BCUT2D eigenvalue weighted by molar-refractivity contribution is -0.116. The highest BCUT2D eigenvalue weighted by Gasteiger charge is 2.05. The first kappa shape index (κ1) is 13.7. The Hall–Kier alpha value is -1.41. The minimum atomic E-state index is -0.579. The van der Waals surface area contributed by atoms with Crippen LogP contribution in [0.15, 0.2) is 18.2 Å². The van der Waals surface area contributed by atoms with Crippen LogP contribution in [0.25, 0.3) is 0 Å². The number of hydrogen-bond donors (Lipinski definition) is 1. The lowest BCUT2D eigenvalue weighted by atomic mass is 10.2. The lowest BCUT2D eigenvalue weighted by Gasteiger charge is -2.05. The largest absolute Gasteiger partial charge is 0.326 e. The Morgan fingerprint density at radius 3 is 2.88 bits per heavy atom. The molecule has 5 heteroatoms. The van der Waals surface area contributed by atoms with E-state index >= 15 is 0 Å². The molecule has 1 aromatic carbocycles. The van der Waals surface area contributed by atoms with Gasteiger partial charge >= 0.3 is 0 Å². The van der Waals surface area contributed by atoms with Gasteiger partial charge in [-0.2, -0.15) is 5.26 Å². The Morgan fingerprint density at radius 1 is 1.47 bits per heavy atom. The SMILES string of the molecule is N#Cc1cc(NC(=O)CCCCBr)ccc1F. The molecule has 0 aliphatic carbocycles. The summed E-state index contributed by atoms with van der Waals surface area (Å²) in [5.74, 6) is -0.703. The van der Waals surface area contributed by atoms with Crippen molar-refractivity contribution in [1.82, 2.24) is 0 Å². The van der Waals surface area contributed by atoms with Crippen molar-refractivity contribution in [2.45, 2.75) is 19.3 Å². The first-order chi connectivity index (χ1) is 8.17. The van der Waals surface area contributed by atoms with Gasteiger partial charge in [-0.15, -0.1) is 0 Å². The summed E-state index contributed by atoms with van der Waals surface area (Å²) in [5.41, 5.74) is 0.384. The van der Waals surface area contributed by atoms with Gasteiger partial charge in [-0.3, -0.25) is 4.79 Å². The summed E-state index contributed by atoms with van der Waals surface area (Å²) in [4.78, 5) is 11.5. The molecule has 0 aliphatic heterocycles. The molecule has 0 bridgehead atoms. The van der Waals surface area contributed by atoms with Gasteiger partial charge in [0.1, 0.15) is 11.9 Å². The predicted molar refractivity (Wildman–Crippen MR) is 67.4 cm³/mol. The van der Waals surface area contributed by atoms with E-state index < -0.39 is 5.82 Å². The van der Waals surface area contributed by atoms with Gasteiger partial charge in [-0.25, -0.2) is 4.39 Å². The van der Waals surface area contributed by atoms with Crippen LogP contribution in [0.3, 0.4) is 0 Å². The molecule has 3 nitrogen and oxygen atoms in total. The molecule has 1 rings (SSSR count). The molecule has 0 saturated heterocycles. The molecule has 0 unspecified atom stereocenters. The van der Waals surface area contributed by atoms with Gasteiger partial charge in [-0.1, -0.05) is 15.9 Å². The molecule has 0 radical (unpaired) electrons. The van der Waals surface area contributed by atoms with Crippen LogP contribution in [0, 0.1) is 17.1 Å². The zero-order valence-electron chi connectivity index (χ0n) is 9.17. The summed E-state index contributed by atoms with van der Waals surface area (Å²) < 4.78 is 13.0. The number of hydrogen-bond acceptors (Lipinski definition) is 2. The fourth-order valence-corrected chi connectivity index (χ4v) is 1.69. The van der Waals surface area contributed by atoms with E-state index in [2.05, 4.69) is 21.2 Å². The fraction of sp³-hybridized carbons (Fsp3) is 0.333. The second-order valence-corrected chi connectivity index (χ2v) is 4.29. The van der Waals surface area contributed by atoms with Crippen molar-refractivity contribution < 1.29 is 9.18 Å². The molecular formula is C12H12BrFN2O. The Bertz CT molecular complexity index is 443. The van der Waals surface area contributed by atoms with Crippen molar-refractivity contribution in [1.29, 1.82) is 5.26 Å². The Morgan fingerprint density at radius 2 is 2.24 bits per heavy atom. The molecule has 90 valence electrons. The minimum absolute atomic E-state index is 0.0664. The number of amides is 1. The maximum atomic E-state index is 13.0. The van der Waals surface area contributed by atoms with Gasteiger partial charge in [0.05, 0.1) is 5.56 Å². The molecule has 0 aliphatic rings. The second-order valence-electron chi connectivity index (χ2n) is 3.50. The second kappa shape index (κ2) is 7.02. The predicted octanol–water partition coefficient (Wildman–Crippen LogP) is 3.20. The highest BCUT2D eigenvalue weighted by atomic mass is 79.9. The number of benzene rings is 1. The first-order valence-corrected chi connectivity index (χ1v) is 6.35. The third-order valence-electron chi connectivity index (χ3n) is 2.16. The highest BCUT2D eigenvalue weighted by Crippen LogP contribution is 2.14. The van der Waals surface area contributed by atoms with Crippen molar-refractivity contribution in [3.05, 3.63) is 29.6 Å². The van der Waals surface area contributed by atoms with Gasteiger partial charge in [0.2, 0.25) is 5.91 Å². The van der Waals surface area contributed by atoms with E-state index in [4.69, 9.17) is 5.26 Å². The van der Waals surface area contributed by atoms with Gasteiger partial charge in [-0.05, 0) is 31.0 Å². The maximum Gasteiger partial charge on any atom is 0.224 e. The van der Waals surface area contributed by atoms with Crippen LogP contribution >= 0.6 is 15.9 Å². The molecule has 1 amide bonds. The number of nitrogens with one attached hydrogen (secondary N) is 1. The van der Waals surface area contributed by atoms with E-state index in [1.54, 1.807) is 6.07 Å². The fourth-order valence-electron chi connectivity index (χ4n) is 1.29.